The second kappa shape index (κ2) is 10.1. The van der Waals surface area contributed by atoms with Crippen molar-refractivity contribution in [2.24, 2.45) is 0 Å². The topological polar surface area (TPSA) is 48.5 Å². The minimum atomic E-state index is -0.102. The fraction of sp³-hybridized carbons (Fsp3) is 0.455. The minimum Gasteiger partial charge on any atom is -0.324 e. The summed E-state index contributed by atoms with van der Waals surface area (Å²) in [5.74, 6) is 0. The van der Waals surface area contributed by atoms with Gasteiger partial charge in [-0.1, -0.05) is 26.0 Å². The zero-order valence-corrected chi connectivity index (χ0v) is 17.2. The smallest absolute Gasteiger partial charge is 0.321 e. The molecule has 1 heterocycles. The molecule has 0 aliphatic carbocycles. The van der Waals surface area contributed by atoms with E-state index in [4.69, 9.17) is 0 Å². The molecule has 0 spiro atoms. The predicted molar refractivity (Wildman–Crippen MR) is 112 cm³/mol. The Morgan fingerprint density at radius 3 is 2.59 bits per heavy atom. The molecule has 1 aromatic carbocycles. The van der Waals surface area contributed by atoms with E-state index >= 15 is 0 Å². The van der Waals surface area contributed by atoms with Crippen LogP contribution in [0, 0.1) is 6.92 Å². The first-order valence-corrected chi connectivity index (χ1v) is 9.69. The van der Waals surface area contributed by atoms with Crippen LogP contribution in [0.3, 0.4) is 0 Å². The van der Waals surface area contributed by atoms with Crippen LogP contribution in [0.4, 0.5) is 10.5 Å². The third-order valence-electron chi connectivity index (χ3n) is 4.94. The number of rotatable bonds is 8. The summed E-state index contributed by atoms with van der Waals surface area (Å²) in [5, 5.41) is 3.02. The van der Waals surface area contributed by atoms with Crippen molar-refractivity contribution in [3.05, 3.63) is 59.4 Å². The van der Waals surface area contributed by atoms with Gasteiger partial charge in [-0.2, -0.15) is 0 Å². The van der Waals surface area contributed by atoms with Gasteiger partial charge in [0.05, 0.1) is 0 Å². The first-order valence-electron chi connectivity index (χ1n) is 9.69. The molecule has 0 radical (unpaired) electrons. The van der Waals surface area contributed by atoms with Gasteiger partial charge in [0.1, 0.15) is 0 Å². The predicted octanol–water partition coefficient (Wildman–Crippen LogP) is 4.33. The maximum atomic E-state index is 12.6. The molecule has 0 fully saturated rings. The number of aryl methyl sites for hydroxylation is 1. The van der Waals surface area contributed by atoms with Gasteiger partial charge in [0, 0.05) is 43.6 Å². The number of hydrogen-bond donors (Lipinski definition) is 1. The van der Waals surface area contributed by atoms with Crippen molar-refractivity contribution < 1.29 is 4.79 Å². The van der Waals surface area contributed by atoms with Crippen molar-refractivity contribution in [2.45, 2.75) is 46.7 Å². The number of benzene rings is 1. The molecule has 2 aromatic rings. The summed E-state index contributed by atoms with van der Waals surface area (Å²) in [4.78, 5) is 21.1. The molecule has 0 unspecified atom stereocenters. The van der Waals surface area contributed by atoms with Gasteiger partial charge in [0.2, 0.25) is 0 Å². The van der Waals surface area contributed by atoms with Gasteiger partial charge < -0.3 is 10.2 Å². The number of nitrogens with one attached hydrogen (secondary N) is 1. The fourth-order valence-electron chi connectivity index (χ4n) is 3.01. The lowest BCUT2D eigenvalue weighted by Crippen LogP contribution is -2.39. The highest BCUT2D eigenvalue weighted by Gasteiger charge is 2.17. The Bertz CT molecular complexity index is 743. The molecule has 0 aliphatic rings. The van der Waals surface area contributed by atoms with Crippen LogP contribution in [0.2, 0.25) is 0 Å². The minimum absolute atomic E-state index is 0.0538. The summed E-state index contributed by atoms with van der Waals surface area (Å²) < 4.78 is 0. The zero-order chi connectivity index (χ0) is 19.8. The first kappa shape index (κ1) is 20.9. The van der Waals surface area contributed by atoms with E-state index in [9.17, 15) is 4.79 Å². The van der Waals surface area contributed by atoms with Gasteiger partial charge in [0.25, 0.3) is 0 Å². The number of carbonyl (C=O) groups is 1. The molecule has 2 amide bonds. The quantitative estimate of drug-likeness (QED) is 0.754. The highest BCUT2D eigenvalue weighted by atomic mass is 16.2. The SMILES string of the molecule is CCN(CC)Cc1cccc(NC(=O)N(C)[C@H](C)Cc2cc(C)ccn2)c1. The molecule has 27 heavy (non-hydrogen) atoms. The van der Waals surface area contributed by atoms with E-state index in [0.29, 0.717) is 0 Å². The number of carbonyl (C=O) groups excluding carboxylic acids is 1. The lowest BCUT2D eigenvalue weighted by molar-refractivity contribution is 0.207. The molecule has 5 heteroatoms. The second-order valence-electron chi connectivity index (χ2n) is 7.08. The van der Waals surface area contributed by atoms with Gasteiger partial charge in [0.15, 0.2) is 0 Å². The third-order valence-corrected chi connectivity index (χ3v) is 4.94. The number of pyridine rings is 1. The van der Waals surface area contributed by atoms with Crippen LogP contribution in [0.5, 0.6) is 0 Å². The van der Waals surface area contributed by atoms with Crippen molar-refractivity contribution >= 4 is 11.7 Å². The summed E-state index contributed by atoms with van der Waals surface area (Å²) in [5.41, 5.74) is 4.22. The summed E-state index contributed by atoms with van der Waals surface area (Å²) in [7, 11) is 1.83. The zero-order valence-electron chi connectivity index (χ0n) is 17.2. The lowest BCUT2D eigenvalue weighted by atomic mass is 10.1. The normalized spacial score (nSPS) is 12.1. The van der Waals surface area contributed by atoms with E-state index in [1.54, 1.807) is 4.90 Å². The fourth-order valence-corrected chi connectivity index (χ4v) is 3.01. The number of hydrogen-bond acceptors (Lipinski definition) is 3. The van der Waals surface area contributed by atoms with Gasteiger partial charge >= 0.3 is 6.03 Å². The maximum Gasteiger partial charge on any atom is 0.321 e. The molecule has 0 saturated carbocycles. The molecule has 0 aliphatic heterocycles. The Morgan fingerprint density at radius 2 is 1.93 bits per heavy atom. The monoisotopic (exact) mass is 368 g/mol. The van der Waals surface area contributed by atoms with Crippen molar-refractivity contribution in [2.75, 3.05) is 25.5 Å². The van der Waals surface area contributed by atoms with E-state index in [0.717, 1.165) is 37.4 Å². The summed E-state index contributed by atoms with van der Waals surface area (Å²) >= 11 is 0. The molecule has 1 N–H and O–H groups in total. The van der Waals surface area contributed by atoms with Gasteiger partial charge in [-0.25, -0.2) is 4.79 Å². The van der Waals surface area contributed by atoms with Crippen LogP contribution in [0.15, 0.2) is 42.6 Å². The number of nitrogens with zero attached hydrogens (tertiary/aromatic N) is 3. The van der Waals surface area contributed by atoms with Crippen LogP contribution >= 0.6 is 0 Å². The van der Waals surface area contributed by atoms with Crippen molar-refractivity contribution in [3.8, 4) is 0 Å². The van der Waals surface area contributed by atoms with E-state index in [1.807, 2.05) is 38.4 Å². The van der Waals surface area contributed by atoms with E-state index in [1.165, 1.54) is 11.1 Å². The second-order valence-corrected chi connectivity index (χ2v) is 7.08. The Labute approximate surface area is 163 Å². The molecule has 1 aromatic heterocycles. The van der Waals surface area contributed by atoms with E-state index < -0.39 is 0 Å². The molecule has 2 rings (SSSR count). The average molecular weight is 369 g/mol. The Balaban J connectivity index is 1.97. The summed E-state index contributed by atoms with van der Waals surface area (Å²) in [6, 6.07) is 12.1. The molecule has 0 saturated heterocycles. The number of aromatic nitrogens is 1. The number of likely N-dealkylation sites (N-methyl/N-ethyl adjacent to an activating group) is 1. The van der Waals surface area contributed by atoms with Crippen molar-refractivity contribution in [1.82, 2.24) is 14.8 Å². The average Bonchev–Trinajstić information content (AvgIpc) is 2.65. The lowest BCUT2D eigenvalue weighted by Gasteiger charge is -2.25. The molecule has 1 atom stereocenters. The van der Waals surface area contributed by atoms with Crippen LogP contribution in [0.1, 0.15) is 37.6 Å². The largest absolute Gasteiger partial charge is 0.324 e. The maximum absolute atomic E-state index is 12.6. The third kappa shape index (κ3) is 6.36. The molecule has 5 nitrogen and oxygen atoms in total. The van der Waals surface area contributed by atoms with Crippen LogP contribution in [-0.2, 0) is 13.0 Å². The summed E-state index contributed by atoms with van der Waals surface area (Å²) in [6.45, 7) is 11.3. The molecular weight excluding hydrogens is 336 g/mol. The van der Waals surface area contributed by atoms with Crippen molar-refractivity contribution in [3.63, 3.8) is 0 Å². The van der Waals surface area contributed by atoms with Crippen LogP contribution < -0.4 is 5.32 Å². The highest BCUT2D eigenvalue weighted by molar-refractivity contribution is 5.89. The summed E-state index contributed by atoms with van der Waals surface area (Å²) in [6.07, 6.45) is 2.55. The number of amides is 2. The van der Waals surface area contributed by atoms with E-state index in [2.05, 4.69) is 54.2 Å². The molecular formula is C22H32N4O. The van der Waals surface area contributed by atoms with Gasteiger partial charge in [-0.3, -0.25) is 9.88 Å². The first-order chi connectivity index (χ1) is 12.9. The standard InChI is InChI=1S/C22H32N4O/c1-6-26(7-2)16-19-9-8-10-20(15-19)24-22(27)25(5)18(4)14-21-13-17(3)11-12-23-21/h8-13,15,18H,6-7,14,16H2,1-5H3,(H,24,27)/t18-/m1/s1. The Morgan fingerprint density at radius 1 is 1.19 bits per heavy atom. The van der Waals surface area contributed by atoms with Gasteiger partial charge in [-0.05, 0) is 62.3 Å². The van der Waals surface area contributed by atoms with Crippen molar-refractivity contribution in [1.29, 1.82) is 0 Å². The molecule has 0 bridgehead atoms. The van der Waals surface area contributed by atoms with Crippen LogP contribution in [0.25, 0.3) is 0 Å². The number of urea groups is 1. The van der Waals surface area contributed by atoms with Crippen LogP contribution in [-0.4, -0.2) is 47.0 Å². The van der Waals surface area contributed by atoms with Gasteiger partial charge in [-0.15, -0.1) is 0 Å². The Kier molecular flexibility index (Phi) is 7.80. The number of anilines is 1. The highest BCUT2D eigenvalue weighted by Crippen LogP contribution is 2.14. The Hall–Kier alpha value is -2.40. The van der Waals surface area contributed by atoms with E-state index in [-0.39, 0.29) is 12.1 Å². The molecule has 146 valence electrons.